The number of rotatable bonds is 5. The van der Waals surface area contributed by atoms with Crippen molar-refractivity contribution in [3.05, 3.63) is 5.51 Å². The van der Waals surface area contributed by atoms with Gasteiger partial charge in [-0.15, -0.1) is 10.2 Å². The van der Waals surface area contributed by atoms with Crippen LogP contribution >= 0.6 is 11.3 Å². The molecule has 0 aromatic carbocycles. The SMILES string of the molecule is CN(C)S(=O)(=O)CCNc1nncs1. The van der Waals surface area contributed by atoms with E-state index in [2.05, 4.69) is 15.5 Å². The number of hydrogen-bond acceptors (Lipinski definition) is 6. The maximum atomic E-state index is 11.3. The van der Waals surface area contributed by atoms with Crippen molar-refractivity contribution in [3.8, 4) is 0 Å². The fourth-order valence-corrected chi connectivity index (χ4v) is 1.92. The molecule has 1 heterocycles. The minimum atomic E-state index is -3.12. The molecule has 0 unspecified atom stereocenters. The molecule has 0 saturated heterocycles. The van der Waals surface area contributed by atoms with E-state index in [4.69, 9.17) is 0 Å². The van der Waals surface area contributed by atoms with Crippen LogP contribution in [0.2, 0.25) is 0 Å². The Bertz CT molecular complexity index is 359. The molecule has 0 aliphatic rings. The molecule has 1 rings (SSSR count). The molecule has 6 nitrogen and oxygen atoms in total. The molecule has 0 aliphatic carbocycles. The quantitative estimate of drug-likeness (QED) is 0.769. The van der Waals surface area contributed by atoms with Gasteiger partial charge < -0.3 is 5.32 Å². The van der Waals surface area contributed by atoms with Crippen LogP contribution in [-0.2, 0) is 10.0 Å². The number of sulfonamides is 1. The van der Waals surface area contributed by atoms with Crippen LogP contribution in [0.15, 0.2) is 5.51 Å². The van der Waals surface area contributed by atoms with Gasteiger partial charge in [-0.25, -0.2) is 12.7 Å². The van der Waals surface area contributed by atoms with E-state index in [1.807, 2.05) is 0 Å². The second-order valence-corrected chi connectivity index (χ2v) is 5.90. The summed E-state index contributed by atoms with van der Waals surface area (Å²) in [7, 11) is -0.0958. The van der Waals surface area contributed by atoms with Crippen molar-refractivity contribution >= 4 is 26.5 Å². The lowest BCUT2D eigenvalue weighted by Crippen LogP contribution is -2.28. The first-order valence-electron chi connectivity index (χ1n) is 3.92. The van der Waals surface area contributed by atoms with Gasteiger partial charge in [0.15, 0.2) is 0 Å². The van der Waals surface area contributed by atoms with Crippen LogP contribution in [0.1, 0.15) is 0 Å². The Morgan fingerprint density at radius 1 is 1.57 bits per heavy atom. The molecule has 0 amide bonds. The second-order valence-electron chi connectivity index (χ2n) is 2.77. The predicted octanol–water partition coefficient (Wildman–Crippen LogP) is -0.159. The summed E-state index contributed by atoms with van der Waals surface area (Å²) in [6, 6.07) is 0. The minimum Gasteiger partial charge on any atom is -0.359 e. The maximum Gasteiger partial charge on any atom is 0.215 e. The number of aromatic nitrogens is 2. The van der Waals surface area contributed by atoms with Crippen molar-refractivity contribution in [1.29, 1.82) is 0 Å². The Kier molecular flexibility index (Phi) is 3.78. The van der Waals surface area contributed by atoms with Crippen molar-refractivity contribution in [2.24, 2.45) is 0 Å². The first-order chi connectivity index (χ1) is 6.52. The molecule has 0 aliphatic heterocycles. The number of nitrogens with one attached hydrogen (secondary N) is 1. The Hall–Kier alpha value is -0.730. The molecule has 1 aromatic rings. The van der Waals surface area contributed by atoms with Gasteiger partial charge in [-0.3, -0.25) is 0 Å². The van der Waals surface area contributed by atoms with Gasteiger partial charge in [0.05, 0.1) is 5.75 Å². The highest BCUT2D eigenvalue weighted by Crippen LogP contribution is 2.07. The molecular formula is C6H12N4O2S2. The zero-order valence-electron chi connectivity index (χ0n) is 7.97. The number of hydrogen-bond donors (Lipinski definition) is 1. The van der Waals surface area contributed by atoms with E-state index >= 15 is 0 Å². The van der Waals surface area contributed by atoms with Crippen LogP contribution in [0.25, 0.3) is 0 Å². The highest BCUT2D eigenvalue weighted by molar-refractivity contribution is 7.89. The number of anilines is 1. The molecular weight excluding hydrogens is 224 g/mol. The molecule has 1 N–H and O–H groups in total. The van der Waals surface area contributed by atoms with Crippen molar-refractivity contribution in [2.75, 3.05) is 31.7 Å². The van der Waals surface area contributed by atoms with Gasteiger partial charge in [0.2, 0.25) is 15.2 Å². The van der Waals surface area contributed by atoms with Crippen LogP contribution in [0, 0.1) is 0 Å². The van der Waals surface area contributed by atoms with Crippen LogP contribution in [0.4, 0.5) is 5.13 Å². The second kappa shape index (κ2) is 4.67. The molecule has 8 heteroatoms. The van der Waals surface area contributed by atoms with Crippen LogP contribution in [0.5, 0.6) is 0 Å². The average Bonchev–Trinajstić information content (AvgIpc) is 2.56. The van der Waals surface area contributed by atoms with Gasteiger partial charge >= 0.3 is 0 Å². The van der Waals surface area contributed by atoms with Crippen LogP contribution in [0.3, 0.4) is 0 Å². The molecule has 0 spiro atoms. The van der Waals surface area contributed by atoms with E-state index in [9.17, 15) is 8.42 Å². The van der Waals surface area contributed by atoms with Crippen molar-refractivity contribution in [1.82, 2.24) is 14.5 Å². The lowest BCUT2D eigenvalue weighted by Gasteiger charge is -2.10. The van der Waals surface area contributed by atoms with E-state index in [0.29, 0.717) is 11.7 Å². The summed E-state index contributed by atoms with van der Waals surface area (Å²) in [5.74, 6) is 0.0551. The molecule has 0 fully saturated rings. The van der Waals surface area contributed by atoms with Gasteiger partial charge in [0.1, 0.15) is 5.51 Å². The Morgan fingerprint density at radius 2 is 2.29 bits per heavy atom. The van der Waals surface area contributed by atoms with Gasteiger partial charge in [-0.1, -0.05) is 11.3 Å². The Morgan fingerprint density at radius 3 is 2.79 bits per heavy atom. The van der Waals surface area contributed by atoms with Crippen LogP contribution < -0.4 is 5.32 Å². The van der Waals surface area contributed by atoms with E-state index in [1.54, 1.807) is 5.51 Å². The summed E-state index contributed by atoms with van der Waals surface area (Å²) in [5.41, 5.74) is 1.59. The van der Waals surface area contributed by atoms with Gasteiger partial charge in [0.25, 0.3) is 0 Å². The molecule has 14 heavy (non-hydrogen) atoms. The van der Waals surface area contributed by atoms with E-state index < -0.39 is 10.0 Å². The summed E-state index contributed by atoms with van der Waals surface area (Å²) >= 11 is 1.34. The summed E-state index contributed by atoms with van der Waals surface area (Å²) in [6.45, 7) is 0.343. The van der Waals surface area contributed by atoms with Crippen molar-refractivity contribution in [3.63, 3.8) is 0 Å². The third-order valence-electron chi connectivity index (χ3n) is 1.55. The minimum absolute atomic E-state index is 0.0551. The highest BCUT2D eigenvalue weighted by Gasteiger charge is 2.12. The van der Waals surface area contributed by atoms with E-state index in [0.717, 1.165) is 0 Å². The Balaban J connectivity index is 2.36. The van der Waals surface area contributed by atoms with Gasteiger partial charge in [-0.05, 0) is 0 Å². The number of nitrogens with zero attached hydrogens (tertiary/aromatic N) is 3. The first kappa shape index (κ1) is 11.3. The third kappa shape index (κ3) is 3.20. The maximum absolute atomic E-state index is 11.3. The zero-order chi connectivity index (χ0) is 10.6. The Labute approximate surface area is 87.0 Å². The largest absolute Gasteiger partial charge is 0.359 e. The summed E-state index contributed by atoms with van der Waals surface area (Å²) in [6.07, 6.45) is 0. The fourth-order valence-electron chi connectivity index (χ4n) is 0.720. The summed E-state index contributed by atoms with van der Waals surface area (Å²) in [4.78, 5) is 0. The summed E-state index contributed by atoms with van der Waals surface area (Å²) in [5, 5.41) is 10.9. The molecule has 0 bridgehead atoms. The van der Waals surface area contributed by atoms with Crippen molar-refractivity contribution < 1.29 is 8.42 Å². The third-order valence-corrected chi connectivity index (χ3v) is 4.03. The molecule has 0 atom stereocenters. The molecule has 0 saturated carbocycles. The monoisotopic (exact) mass is 236 g/mol. The molecule has 80 valence electrons. The topological polar surface area (TPSA) is 75.2 Å². The molecule has 1 aromatic heterocycles. The standard InChI is InChI=1S/C6H12N4O2S2/c1-10(2)14(11,12)4-3-7-6-9-8-5-13-6/h5H,3-4H2,1-2H3,(H,7,9). The van der Waals surface area contributed by atoms with Gasteiger partial charge in [0, 0.05) is 20.6 Å². The van der Waals surface area contributed by atoms with Gasteiger partial charge in [-0.2, -0.15) is 0 Å². The first-order valence-corrected chi connectivity index (χ1v) is 6.41. The zero-order valence-corrected chi connectivity index (χ0v) is 9.60. The molecule has 0 radical (unpaired) electrons. The van der Waals surface area contributed by atoms with E-state index in [1.165, 1.54) is 29.7 Å². The predicted molar refractivity (Wildman–Crippen MR) is 55.9 cm³/mol. The average molecular weight is 236 g/mol. The highest BCUT2D eigenvalue weighted by atomic mass is 32.2. The smallest absolute Gasteiger partial charge is 0.215 e. The fraction of sp³-hybridized carbons (Fsp3) is 0.667. The lowest BCUT2D eigenvalue weighted by atomic mass is 10.7. The van der Waals surface area contributed by atoms with Crippen molar-refractivity contribution in [2.45, 2.75) is 0 Å². The van der Waals surface area contributed by atoms with Crippen LogP contribution in [-0.4, -0.2) is 49.3 Å². The lowest BCUT2D eigenvalue weighted by molar-refractivity contribution is 0.521. The summed E-state index contributed by atoms with van der Waals surface area (Å²) < 4.78 is 23.8. The normalized spacial score (nSPS) is 11.9. The van der Waals surface area contributed by atoms with E-state index in [-0.39, 0.29) is 5.75 Å².